The largest absolute Gasteiger partial charge is 0.322 e. The molecule has 1 aliphatic rings. The van der Waals surface area contributed by atoms with Crippen LogP contribution in [0.15, 0.2) is 29.2 Å². The molecule has 0 saturated heterocycles. The summed E-state index contributed by atoms with van der Waals surface area (Å²) in [5, 5.41) is 11.6. The number of fused-ring (bicyclic) bond motifs is 1. The molecule has 24 heavy (non-hydrogen) atoms. The Morgan fingerprint density at radius 1 is 1.29 bits per heavy atom. The number of urea groups is 1. The van der Waals surface area contributed by atoms with E-state index in [0.717, 1.165) is 41.6 Å². The quantitative estimate of drug-likeness (QED) is 0.863. The maximum atomic E-state index is 12.5. The van der Waals surface area contributed by atoms with Gasteiger partial charge in [-0.2, -0.15) is 0 Å². The number of carbonyl (C=O) groups excluding carboxylic acids is 1. The summed E-state index contributed by atoms with van der Waals surface area (Å²) in [7, 11) is 1.79. The van der Waals surface area contributed by atoms with E-state index in [4.69, 9.17) is 0 Å². The van der Waals surface area contributed by atoms with Gasteiger partial charge in [0.1, 0.15) is 5.82 Å². The van der Waals surface area contributed by atoms with Crippen molar-refractivity contribution in [2.75, 3.05) is 18.6 Å². The molecular weight excluding hydrogens is 322 g/mol. The van der Waals surface area contributed by atoms with Gasteiger partial charge in [0.05, 0.1) is 12.2 Å². The minimum absolute atomic E-state index is 0.137. The Kier molecular flexibility index (Phi) is 5.40. The second-order valence-electron chi connectivity index (χ2n) is 5.98. The van der Waals surface area contributed by atoms with Gasteiger partial charge in [0.25, 0.3) is 0 Å². The molecule has 0 spiro atoms. The molecule has 1 N–H and O–H groups in total. The van der Waals surface area contributed by atoms with Crippen LogP contribution in [-0.2, 0) is 19.5 Å². The molecule has 0 aliphatic carbocycles. The highest BCUT2D eigenvalue weighted by Crippen LogP contribution is 2.25. The first-order valence-electron chi connectivity index (χ1n) is 8.25. The highest BCUT2D eigenvalue weighted by atomic mass is 32.2. The van der Waals surface area contributed by atoms with E-state index in [0.29, 0.717) is 6.54 Å². The third-order valence-electron chi connectivity index (χ3n) is 4.26. The highest BCUT2D eigenvalue weighted by Gasteiger charge is 2.18. The summed E-state index contributed by atoms with van der Waals surface area (Å²) in [4.78, 5) is 15.2. The summed E-state index contributed by atoms with van der Waals surface area (Å²) in [5.74, 6) is 1.91. The van der Waals surface area contributed by atoms with Gasteiger partial charge in [0.2, 0.25) is 0 Å². The summed E-state index contributed by atoms with van der Waals surface area (Å²) in [6.07, 6.45) is 6.52. The van der Waals surface area contributed by atoms with Gasteiger partial charge in [-0.05, 0) is 31.2 Å². The van der Waals surface area contributed by atoms with Gasteiger partial charge < -0.3 is 14.8 Å². The average Bonchev–Trinajstić information content (AvgIpc) is 2.82. The number of para-hydroxylation sites is 1. The lowest BCUT2D eigenvalue weighted by molar-refractivity contribution is 0.219. The monoisotopic (exact) mass is 345 g/mol. The Bertz CT molecular complexity index is 715. The lowest BCUT2D eigenvalue weighted by Gasteiger charge is -2.19. The second-order valence-corrected chi connectivity index (χ2v) is 6.83. The number of hydrogen-bond acceptors (Lipinski definition) is 4. The number of anilines is 1. The predicted molar refractivity (Wildman–Crippen MR) is 96.3 cm³/mol. The molecule has 0 fully saturated rings. The SMILES string of the molecule is CSc1ccccc1NC(=O)N(C)Cc1nnc2n1CCCCC2. The number of hydrogen-bond donors (Lipinski definition) is 1. The summed E-state index contributed by atoms with van der Waals surface area (Å²) >= 11 is 1.62. The molecule has 0 radical (unpaired) electrons. The van der Waals surface area contributed by atoms with Crippen LogP contribution in [0.4, 0.5) is 10.5 Å². The first-order valence-corrected chi connectivity index (χ1v) is 9.47. The zero-order chi connectivity index (χ0) is 16.9. The number of aryl methyl sites for hydroxylation is 1. The van der Waals surface area contributed by atoms with Crippen LogP contribution in [0.25, 0.3) is 0 Å². The molecule has 0 saturated carbocycles. The Hall–Kier alpha value is -2.02. The van der Waals surface area contributed by atoms with E-state index in [1.165, 1.54) is 12.8 Å². The predicted octanol–water partition coefficient (Wildman–Crippen LogP) is 3.39. The first kappa shape index (κ1) is 16.8. The Balaban J connectivity index is 1.67. The van der Waals surface area contributed by atoms with Crippen LogP contribution >= 0.6 is 11.8 Å². The number of nitrogens with zero attached hydrogens (tertiary/aromatic N) is 4. The topological polar surface area (TPSA) is 63.1 Å². The molecule has 0 bridgehead atoms. The van der Waals surface area contributed by atoms with Crippen molar-refractivity contribution < 1.29 is 4.79 Å². The fourth-order valence-corrected chi connectivity index (χ4v) is 3.46. The van der Waals surface area contributed by atoms with Crippen molar-refractivity contribution in [1.82, 2.24) is 19.7 Å². The fraction of sp³-hybridized carbons (Fsp3) is 0.471. The zero-order valence-corrected chi connectivity index (χ0v) is 15.0. The number of rotatable bonds is 4. The van der Waals surface area contributed by atoms with Gasteiger partial charge in [0.15, 0.2) is 5.82 Å². The number of amides is 2. The molecule has 7 heteroatoms. The summed E-state index contributed by atoms with van der Waals surface area (Å²) in [5.41, 5.74) is 0.835. The van der Waals surface area contributed by atoms with E-state index in [9.17, 15) is 4.79 Å². The summed E-state index contributed by atoms with van der Waals surface area (Å²) < 4.78 is 2.17. The third-order valence-corrected chi connectivity index (χ3v) is 5.06. The summed E-state index contributed by atoms with van der Waals surface area (Å²) in [6.45, 7) is 1.41. The van der Waals surface area contributed by atoms with Crippen molar-refractivity contribution in [3.8, 4) is 0 Å². The number of thioether (sulfide) groups is 1. The van der Waals surface area contributed by atoms with Crippen LogP contribution in [0.5, 0.6) is 0 Å². The zero-order valence-electron chi connectivity index (χ0n) is 14.2. The van der Waals surface area contributed by atoms with Crippen molar-refractivity contribution in [3.63, 3.8) is 0 Å². The molecule has 2 aromatic rings. The van der Waals surface area contributed by atoms with Gasteiger partial charge >= 0.3 is 6.03 Å². The minimum atomic E-state index is -0.137. The second kappa shape index (κ2) is 7.70. The number of aromatic nitrogens is 3. The van der Waals surface area contributed by atoms with E-state index in [-0.39, 0.29) is 6.03 Å². The van der Waals surface area contributed by atoms with Crippen molar-refractivity contribution in [3.05, 3.63) is 35.9 Å². The van der Waals surface area contributed by atoms with Gasteiger partial charge in [-0.15, -0.1) is 22.0 Å². The van der Waals surface area contributed by atoms with Gasteiger partial charge in [-0.1, -0.05) is 18.6 Å². The van der Waals surface area contributed by atoms with Crippen molar-refractivity contribution in [2.45, 2.75) is 43.7 Å². The lowest BCUT2D eigenvalue weighted by atomic mass is 10.2. The van der Waals surface area contributed by atoms with Crippen LogP contribution in [0, 0.1) is 0 Å². The maximum Gasteiger partial charge on any atom is 0.322 e. The van der Waals surface area contributed by atoms with E-state index in [2.05, 4.69) is 20.1 Å². The molecule has 2 heterocycles. The van der Waals surface area contributed by atoms with E-state index < -0.39 is 0 Å². The van der Waals surface area contributed by atoms with Crippen LogP contribution in [0.3, 0.4) is 0 Å². The van der Waals surface area contributed by atoms with Crippen molar-refractivity contribution >= 4 is 23.5 Å². The minimum Gasteiger partial charge on any atom is -0.320 e. The molecule has 0 unspecified atom stereocenters. The van der Waals surface area contributed by atoms with E-state index in [1.54, 1.807) is 23.7 Å². The number of carbonyl (C=O) groups is 1. The molecule has 0 atom stereocenters. The Labute approximate surface area is 146 Å². The van der Waals surface area contributed by atoms with Gasteiger partial charge in [-0.3, -0.25) is 0 Å². The highest BCUT2D eigenvalue weighted by molar-refractivity contribution is 7.98. The molecule has 3 rings (SSSR count). The first-order chi connectivity index (χ1) is 11.7. The average molecular weight is 345 g/mol. The molecule has 6 nitrogen and oxygen atoms in total. The van der Waals surface area contributed by atoms with E-state index >= 15 is 0 Å². The molecule has 1 aromatic carbocycles. The Morgan fingerprint density at radius 3 is 2.96 bits per heavy atom. The molecule has 1 aliphatic heterocycles. The van der Waals surface area contributed by atoms with Gasteiger partial charge in [0, 0.05) is 24.9 Å². The molecule has 1 aromatic heterocycles. The van der Waals surface area contributed by atoms with Crippen LogP contribution in [0.2, 0.25) is 0 Å². The maximum absolute atomic E-state index is 12.5. The van der Waals surface area contributed by atoms with Crippen molar-refractivity contribution in [1.29, 1.82) is 0 Å². The van der Waals surface area contributed by atoms with Crippen LogP contribution in [0.1, 0.15) is 30.9 Å². The molecule has 128 valence electrons. The van der Waals surface area contributed by atoms with Gasteiger partial charge in [-0.25, -0.2) is 4.79 Å². The molecule has 2 amide bonds. The fourth-order valence-electron chi connectivity index (χ4n) is 2.90. The standard InChI is InChI=1S/C17H23N5OS/c1-21(17(23)18-13-8-5-6-9-14(13)24-2)12-16-20-19-15-10-4-3-7-11-22(15)16/h5-6,8-9H,3-4,7,10-12H2,1-2H3,(H,18,23). The normalized spacial score (nSPS) is 13.9. The van der Waals surface area contributed by atoms with Crippen molar-refractivity contribution in [2.24, 2.45) is 0 Å². The van der Waals surface area contributed by atoms with Crippen LogP contribution in [-0.4, -0.2) is 39.0 Å². The van der Waals surface area contributed by atoms with Crippen LogP contribution < -0.4 is 5.32 Å². The smallest absolute Gasteiger partial charge is 0.320 e. The lowest BCUT2D eigenvalue weighted by Crippen LogP contribution is -2.32. The number of nitrogens with one attached hydrogen (secondary N) is 1. The third kappa shape index (κ3) is 3.72. The summed E-state index contributed by atoms with van der Waals surface area (Å²) in [6, 6.07) is 7.67. The molecular formula is C17H23N5OS. The van der Waals surface area contributed by atoms with E-state index in [1.807, 2.05) is 30.5 Å². The number of benzene rings is 1. The Morgan fingerprint density at radius 2 is 2.12 bits per heavy atom.